The highest BCUT2D eigenvalue weighted by molar-refractivity contribution is 6.50. The third-order valence-corrected chi connectivity index (χ3v) is 2.02. The van der Waals surface area contributed by atoms with Gasteiger partial charge in [-0.15, -0.1) is 0 Å². The van der Waals surface area contributed by atoms with Gasteiger partial charge in [0.15, 0.2) is 0 Å². The number of carbonyl (C=O) groups is 1. The Morgan fingerprint density at radius 1 is 1.67 bits per heavy atom. The van der Waals surface area contributed by atoms with Crippen LogP contribution in [0.1, 0.15) is 13.3 Å². The maximum atomic E-state index is 10.8. The van der Waals surface area contributed by atoms with Crippen LogP contribution in [0.4, 0.5) is 0 Å². The standard InChI is InChI=1S/C7H12BNO3/c1-6(10)9-4-2-7(3-5-9)8(11)12/h2,11-12H,3-5H2,1H3. The second kappa shape index (κ2) is 3.73. The van der Waals surface area contributed by atoms with Gasteiger partial charge in [-0.3, -0.25) is 4.79 Å². The summed E-state index contributed by atoms with van der Waals surface area (Å²) in [5.41, 5.74) is 0.604. The fourth-order valence-corrected chi connectivity index (χ4v) is 1.21. The SMILES string of the molecule is CC(=O)N1CC=C(B(O)O)CC1. The van der Waals surface area contributed by atoms with Crippen molar-refractivity contribution in [3.63, 3.8) is 0 Å². The first-order chi connectivity index (χ1) is 5.61. The predicted molar refractivity (Wildman–Crippen MR) is 45.1 cm³/mol. The van der Waals surface area contributed by atoms with Crippen molar-refractivity contribution in [2.24, 2.45) is 0 Å². The summed E-state index contributed by atoms with van der Waals surface area (Å²) in [6.07, 6.45) is 2.24. The van der Waals surface area contributed by atoms with E-state index >= 15 is 0 Å². The Morgan fingerprint density at radius 2 is 2.33 bits per heavy atom. The molecule has 66 valence electrons. The van der Waals surface area contributed by atoms with E-state index < -0.39 is 7.12 Å². The Balaban J connectivity index is 2.53. The molecule has 0 fully saturated rings. The van der Waals surface area contributed by atoms with Gasteiger partial charge in [-0.25, -0.2) is 0 Å². The number of carbonyl (C=O) groups excluding carboxylic acids is 1. The van der Waals surface area contributed by atoms with Crippen molar-refractivity contribution in [1.82, 2.24) is 4.90 Å². The number of nitrogens with zero attached hydrogens (tertiary/aromatic N) is 1. The Labute approximate surface area is 71.6 Å². The van der Waals surface area contributed by atoms with Crippen molar-refractivity contribution in [2.45, 2.75) is 13.3 Å². The molecule has 1 aliphatic rings. The van der Waals surface area contributed by atoms with Crippen molar-refractivity contribution >= 4 is 13.0 Å². The van der Waals surface area contributed by atoms with Crippen molar-refractivity contribution in [3.05, 3.63) is 11.5 Å². The third kappa shape index (κ3) is 2.09. The lowest BCUT2D eigenvalue weighted by Crippen LogP contribution is -2.35. The van der Waals surface area contributed by atoms with Gasteiger partial charge in [0.25, 0.3) is 0 Å². The molecule has 4 nitrogen and oxygen atoms in total. The molecule has 0 spiro atoms. The minimum absolute atomic E-state index is 0.0257. The zero-order valence-corrected chi connectivity index (χ0v) is 7.03. The second-order valence-corrected chi connectivity index (χ2v) is 2.87. The van der Waals surface area contributed by atoms with Crippen LogP contribution in [0.2, 0.25) is 0 Å². The van der Waals surface area contributed by atoms with E-state index in [1.165, 1.54) is 6.92 Å². The van der Waals surface area contributed by atoms with E-state index in [2.05, 4.69) is 0 Å². The number of hydrogen-bond donors (Lipinski definition) is 2. The molecule has 0 saturated heterocycles. The van der Waals surface area contributed by atoms with Crippen LogP contribution in [0.15, 0.2) is 11.5 Å². The molecule has 0 aromatic rings. The lowest BCUT2D eigenvalue weighted by molar-refractivity contribution is -0.128. The zero-order chi connectivity index (χ0) is 9.14. The highest BCUT2D eigenvalue weighted by Crippen LogP contribution is 2.11. The first-order valence-corrected chi connectivity index (χ1v) is 3.92. The number of rotatable bonds is 1. The smallest absolute Gasteiger partial charge is 0.423 e. The fourth-order valence-electron chi connectivity index (χ4n) is 1.21. The minimum Gasteiger partial charge on any atom is -0.423 e. The molecular weight excluding hydrogens is 157 g/mol. The summed E-state index contributed by atoms with van der Waals surface area (Å²) >= 11 is 0. The Hall–Kier alpha value is -0.805. The molecule has 0 aromatic carbocycles. The molecule has 1 aliphatic heterocycles. The topological polar surface area (TPSA) is 60.8 Å². The molecule has 0 radical (unpaired) electrons. The summed E-state index contributed by atoms with van der Waals surface area (Å²) in [6.45, 7) is 2.58. The van der Waals surface area contributed by atoms with Crippen molar-refractivity contribution < 1.29 is 14.8 Å². The van der Waals surface area contributed by atoms with Crippen LogP contribution in [-0.2, 0) is 4.79 Å². The maximum absolute atomic E-state index is 10.8. The lowest BCUT2D eigenvalue weighted by Gasteiger charge is -2.24. The van der Waals surface area contributed by atoms with Crippen LogP contribution >= 0.6 is 0 Å². The summed E-state index contributed by atoms with van der Waals surface area (Å²) in [5, 5.41) is 17.6. The van der Waals surface area contributed by atoms with Crippen molar-refractivity contribution in [1.29, 1.82) is 0 Å². The molecule has 0 unspecified atom stereocenters. The maximum Gasteiger partial charge on any atom is 0.483 e. The third-order valence-electron chi connectivity index (χ3n) is 2.02. The van der Waals surface area contributed by atoms with Gasteiger partial charge in [-0.1, -0.05) is 6.08 Å². The summed E-state index contributed by atoms with van der Waals surface area (Å²) in [4.78, 5) is 12.5. The second-order valence-electron chi connectivity index (χ2n) is 2.87. The van der Waals surface area contributed by atoms with Gasteiger partial charge >= 0.3 is 7.12 Å². The molecule has 0 aliphatic carbocycles. The average Bonchev–Trinajstić information content (AvgIpc) is 2.04. The summed E-state index contributed by atoms with van der Waals surface area (Å²) in [6, 6.07) is 0. The van der Waals surface area contributed by atoms with Crippen LogP contribution in [0.25, 0.3) is 0 Å². The molecule has 0 saturated carbocycles. The van der Waals surface area contributed by atoms with Gasteiger partial charge in [-0.2, -0.15) is 0 Å². The monoisotopic (exact) mass is 169 g/mol. The van der Waals surface area contributed by atoms with E-state index in [4.69, 9.17) is 10.0 Å². The normalized spacial score (nSPS) is 17.2. The summed E-state index contributed by atoms with van der Waals surface area (Å²) in [5.74, 6) is 0.0257. The quantitative estimate of drug-likeness (QED) is 0.504. The molecule has 0 aromatic heterocycles. The van der Waals surface area contributed by atoms with Crippen LogP contribution in [0.3, 0.4) is 0 Å². The Bertz CT molecular complexity index is 215. The molecule has 12 heavy (non-hydrogen) atoms. The fraction of sp³-hybridized carbons (Fsp3) is 0.571. The molecule has 2 N–H and O–H groups in total. The van der Waals surface area contributed by atoms with Crippen molar-refractivity contribution in [2.75, 3.05) is 13.1 Å². The van der Waals surface area contributed by atoms with Gasteiger partial charge in [0.05, 0.1) is 0 Å². The van der Waals surface area contributed by atoms with E-state index in [1.807, 2.05) is 0 Å². The van der Waals surface area contributed by atoms with Gasteiger partial charge in [0.2, 0.25) is 5.91 Å². The highest BCUT2D eigenvalue weighted by atomic mass is 16.4. The van der Waals surface area contributed by atoms with E-state index in [0.29, 0.717) is 25.0 Å². The minimum atomic E-state index is -1.36. The van der Waals surface area contributed by atoms with Gasteiger partial charge in [0, 0.05) is 20.0 Å². The van der Waals surface area contributed by atoms with E-state index in [-0.39, 0.29) is 5.91 Å². The first kappa shape index (κ1) is 9.28. The predicted octanol–water partition coefficient (Wildman–Crippen LogP) is -0.823. The largest absolute Gasteiger partial charge is 0.483 e. The van der Waals surface area contributed by atoms with Gasteiger partial charge in [-0.05, 0) is 11.9 Å². The average molecular weight is 169 g/mol. The molecule has 5 heteroatoms. The summed E-state index contributed by atoms with van der Waals surface area (Å²) < 4.78 is 0. The molecule has 1 amide bonds. The lowest BCUT2D eigenvalue weighted by atomic mass is 9.76. The van der Waals surface area contributed by atoms with Crippen LogP contribution in [0.5, 0.6) is 0 Å². The molecule has 0 atom stereocenters. The first-order valence-electron chi connectivity index (χ1n) is 3.92. The summed E-state index contributed by atoms with van der Waals surface area (Å²) in [7, 11) is -1.36. The zero-order valence-electron chi connectivity index (χ0n) is 7.03. The van der Waals surface area contributed by atoms with Gasteiger partial charge in [0.1, 0.15) is 0 Å². The van der Waals surface area contributed by atoms with Crippen LogP contribution in [-0.4, -0.2) is 41.1 Å². The Kier molecular flexibility index (Phi) is 2.89. The van der Waals surface area contributed by atoms with E-state index in [1.54, 1.807) is 11.0 Å². The number of amides is 1. The molecule has 0 bridgehead atoms. The van der Waals surface area contributed by atoms with Crippen molar-refractivity contribution in [3.8, 4) is 0 Å². The molecule has 1 heterocycles. The molecular formula is C7H12BNO3. The van der Waals surface area contributed by atoms with E-state index in [9.17, 15) is 4.79 Å². The van der Waals surface area contributed by atoms with Crippen LogP contribution in [0, 0.1) is 0 Å². The number of hydrogen-bond acceptors (Lipinski definition) is 3. The van der Waals surface area contributed by atoms with E-state index in [0.717, 1.165) is 0 Å². The van der Waals surface area contributed by atoms with Crippen LogP contribution < -0.4 is 0 Å². The molecule has 1 rings (SSSR count). The van der Waals surface area contributed by atoms with Gasteiger partial charge < -0.3 is 14.9 Å². The highest BCUT2D eigenvalue weighted by Gasteiger charge is 2.20. The Morgan fingerprint density at radius 3 is 2.67 bits per heavy atom.